The highest BCUT2D eigenvalue weighted by atomic mass is 19.1. The average Bonchev–Trinajstić information content (AvgIpc) is 3.09. The molecule has 0 aliphatic carbocycles. The third-order valence-corrected chi connectivity index (χ3v) is 4.28. The summed E-state index contributed by atoms with van der Waals surface area (Å²) in [4.78, 5) is 8.84. The summed E-state index contributed by atoms with van der Waals surface area (Å²) in [5, 5.41) is 10.4. The summed E-state index contributed by atoms with van der Waals surface area (Å²) in [7, 11) is 0. The minimum atomic E-state index is -0.608. The van der Waals surface area contributed by atoms with Crippen LogP contribution in [0.5, 0.6) is 0 Å². The molecule has 0 spiro atoms. The molecule has 0 radical (unpaired) electrons. The van der Waals surface area contributed by atoms with Gasteiger partial charge < -0.3 is 5.32 Å². The highest BCUT2D eigenvalue weighted by Gasteiger charge is 2.11. The maximum absolute atomic E-state index is 13.5. The number of fused-ring (bicyclic) bond motifs is 1. The van der Waals surface area contributed by atoms with E-state index in [1.807, 2.05) is 43.3 Å². The lowest BCUT2D eigenvalue weighted by Gasteiger charge is -2.15. The minimum absolute atomic E-state index is 0.324. The van der Waals surface area contributed by atoms with Crippen molar-refractivity contribution in [2.75, 3.05) is 5.32 Å². The number of aromatic nitrogens is 4. The number of benzene rings is 1. The van der Waals surface area contributed by atoms with Gasteiger partial charge in [0.2, 0.25) is 0 Å². The number of hydrogen-bond acceptors (Lipinski definition) is 4. The fraction of sp³-hybridized carbons (Fsp3) is 0.0952. The van der Waals surface area contributed by atoms with Gasteiger partial charge in [-0.15, -0.1) is 0 Å². The number of H-pyrrole nitrogens is 1. The predicted molar refractivity (Wildman–Crippen MR) is 105 cm³/mol. The van der Waals surface area contributed by atoms with Crippen LogP contribution in [0.25, 0.3) is 23.2 Å². The van der Waals surface area contributed by atoms with Crippen molar-refractivity contribution < 1.29 is 8.78 Å². The van der Waals surface area contributed by atoms with Crippen molar-refractivity contribution in [3.63, 3.8) is 0 Å². The lowest BCUT2D eigenvalue weighted by atomic mass is 10.1. The number of hydrogen-bond donors (Lipinski definition) is 2. The molecule has 7 heteroatoms. The Labute approximate surface area is 160 Å². The van der Waals surface area contributed by atoms with Gasteiger partial charge in [0.25, 0.3) is 0 Å². The standard InChI is InChI=1S/C21H17F2N5/c1-13(14-10-15(22)12-16(23)11-14)25-20-8-7-19-21(26-20)18(27-28-19)6-5-17-4-2-3-9-24-17/h2-13H,1H3,(H,25,26)(H,27,28). The highest BCUT2D eigenvalue weighted by Crippen LogP contribution is 2.23. The topological polar surface area (TPSA) is 66.5 Å². The Hall–Kier alpha value is -3.61. The molecular weight excluding hydrogens is 360 g/mol. The molecule has 28 heavy (non-hydrogen) atoms. The Balaban J connectivity index is 1.59. The molecule has 140 valence electrons. The zero-order valence-electron chi connectivity index (χ0n) is 15.0. The van der Waals surface area contributed by atoms with E-state index in [2.05, 4.69) is 25.5 Å². The van der Waals surface area contributed by atoms with Crippen LogP contribution in [-0.2, 0) is 0 Å². The minimum Gasteiger partial charge on any atom is -0.364 e. The fourth-order valence-electron chi connectivity index (χ4n) is 2.88. The molecule has 1 atom stereocenters. The van der Waals surface area contributed by atoms with E-state index in [1.165, 1.54) is 12.1 Å². The molecule has 4 aromatic rings. The lowest BCUT2D eigenvalue weighted by molar-refractivity contribution is 0.577. The fourth-order valence-corrected chi connectivity index (χ4v) is 2.88. The van der Waals surface area contributed by atoms with Crippen LogP contribution < -0.4 is 5.32 Å². The first-order valence-corrected chi connectivity index (χ1v) is 8.75. The van der Waals surface area contributed by atoms with Gasteiger partial charge in [-0.25, -0.2) is 13.8 Å². The largest absolute Gasteiger partial charge is 0.364 e. The second-order valence-electron chi connectivity index (χ2n) is 6.36. The van der Waals surface area contributed by atoms with E-state index in [9.17, 15) is 8.78 Å². The number of nitrogens with one attached hydrogen (secondary N) is 2. The average molecular weight is 377 g/mol. The second kappa shape index (κ2) is 7.56. The third-order valence-electron chi connectivity index (χ3n) is 4.28. The predicted octanol–water partition coefficient (Wildman–Crippen LogP) is 4.97. The van der Waals surface area contributed by atoms with Gasteiger partial charge in [-0.05, 0) is 61.0 Å². The molecule has 1 unspecified atom stereocenters. The van der Waals surface area contributed by atoms with Crippen LogP contribution in [-0.4, -0.2) is 20.2 Å². The number of nitrogens with zero attached hydrogens (tertiary/aromatic N) is 3. The maximum atomic E-state index is 13.5. The molecule has 3 aromatic heterocycles. The van der Waals surface area contributed by atoms with Gasteiger partial charge >= 0.3 is 0 Å². The number of anilines is 1. The smallest absolute Gasteiger partial charge is 0.127 e. The summed E-state index contributed by atoms with van der Waals surface area (Å²) in [5.41, 5.74) is 3.47. The van der Waals surface area contributed by atoms with Crippen LogP contribution in [0, 0.1) is 11.6 Å². The summed E-state index contributed by atoms with van der Waals surface area (Å²) in [6, 6.07) is 12.4. The van der Waals surface area contributed by atoms with Gasteiger partial charge in [-0.2, -0.15) is 5.10 Å². The number of aromatic amines is 1. The van der Waals surface area contributed by atoms with Gasteiger partial charge in [-0.1, -0.05) is 6.07 Å². The summed E-state index contributed by atoms with van der Waals surface area (Å²) in [5.74, 6) is -0.633. The first-order valence-electron chi connectivity index (χ1n) is 8.75. The molecule has 0 amide bonds. The number of pyridine rings is 2. The van der Waals surface area contributed by atoms with Crippen molar-refractivity contribution in [3.8, 4) is 0 Å². The third kappa shape index (κ3) is 3.88. The molecule has 0 saturated heterocycles. The summed E-state index contributed by atoms with van der Waals surface area (Å²) in [6.45, 7) is 1.82. The van der Waals surface area contributed by atoms with Crippen molar-refractivity contribution in [2.45, 2.75) is 13.0 Å². The van der Waals surface area contributed by atoms with E-state index in [1.54, 1.807) is 12.3 Å². The van der Waals surface area contributed by atoms with E-state index in [-0.39, 0.29) is 6.04 Å². The molecule has 5 nitrogen and oxygen atoms in total. The quantitative estimate of drug-likeness (QED) is 0.515. The van der Waals surface area contributed by atoms with E-state index in [0.717, 1.165) is 17.3 Å². The van der Waals surface area contributed by atoms with Gasteiger partial charge in [0.15, 0.2) is 0 Å². The van der Waals surface area contributed by atoms with Gasteiger partial charge in [0, 0.05) is 12.3 Å². The normalized spacial score (nSPS) is 12.5. The van der Waals surface area contributed by atoms with Crippen LogP contribution in [0.2, 0.25) is 0 Å². The summed E-state index contributed by atoms with van der Waals surface area (Å²) < 4.78 is 26.9. The number of halogens is 2. The van der Waals surface area contributed by atoms with Gasteiger partial charge in [-0.3, -0.25) is 10.1 Å². The molecule has 0 aliphatic heterocycles. The molecule has 2 N–H and O–H groups in total. The Kier molecular flexibility index (Phi) is 4.80. The Bertz CT molecular complexity index is 1120. The van der Waals surface area contributed by atoms with E-state index in [0.29, 0.717) is 22.6 Å². The van der Waals surface area contributed by atoms with Crippen LogP contribution in [0.3, 0.4) is 0 Å². The Morgan fingerprint density at radius 3 is 2.61 bits per heavy atom. The van der Waals surface area contributed by atoms with Crippen LogP contribution in [0.15, 0.2) is 54.7 Å². The molecule has 1 aromatic carbocycles. The van der Waals surface area contributed by atoms with E-state index in [4.69, 9.17) is 0 Å². The molecule has 0 bridgehead atoms. The molecule has 4 rings (SSSR count). The van der Waals surface area contributed by atoms with Crippen LogP contribution in [0.1, 0.15) is 29.9 Å². The van der Waals surface area contributed by atoms with Crippen LogP contribution in [0.4, 0.5) is 14.6 Å². The van der Waals surface area contributed by atoms with Crippen molar-refractivity contribution in [3.05, 3.63) is 83.3 Å². The van der Waals surface area contributed by atoms with Gasteiger partial charge in [0.1, 0.15) is 28.7 Å². The summed E-state index contributed by atoms with van der Waals surface area (Å²) in [6.07, 6.45) is 5.41. The van der Waals surface area contributed by atoms with E-state index >= 15 is 0 Å². The Morgan fingerprint density at radius 2 is 1.86 bits per heavy atom. The maximum Gasteiger partial charge on any atom is 0.127 e. The lowest BCUT2D eigenvalue weighted by Crippen LogP contribution is -2.08. The SMILES string of the molecule is CC(Nc1ccc2[nH]nc(C=Cc3ccccn3)c2n1)c1cc(F)cc(F)c1. The van der Waals surface area contributed by atoms with Crippen molar-refractivity contribution in [1.82, 2.24) is 20.2 Å². The zero-order valence-corrected chi connectivity index (χ0v) is 15.0. The number of rotatable bonds is 5. The van der Waals surface area contributed by atoms with Crippen LogP contribution >= 0.6 is 0 Å². The first kappa shape index (κ1) is 17.8. The van der Waals surface area contributed by atoms with Crippen molar-refractivity contribution >= 4 is 29.0 Å². The first-order chi connectivity index (χ1) is 13.6. The zero-order chi connectivity index (χ0) is 19.5. The molecule has 3 heterocycles. The highest BCUT2D eigenvalue weighted by molar-refractivity contribution is 5.86. The molecule has 0 fully saturated rings. The molecule has 0 aliphatic rings. The van der Waals surface area contributed by atoms with Crippen molar-refractivity contribution in [2.24, 2.45) is 0 Å². The van der Waals surface area contributed by atoms with Crippen molar-refractivity contribution in [1.29, 1.82) is 0 Å². The summed E-state index contributed by atoms with van der Waals surface area (Å²) >= 11 is 0. The molecular formula is C21H17F2N5. The van der Waals surface area contributed by atoms with Gasteiger partial charge in [0.05, 0.1) is 17.3 Å². The molecule has 0 saturated carbocycles. The monoisotopic (exact) mass is 377 g/mol. The van der Waals surface area contributed by atoms with E-state index < -0.39 is 11.6 Å². The Morgan fingerprint density at radius 1 is 1.04 bits per heavy atom. The second-order valence-corrected chi connectivity index (χ2v) is 6.36.